The molecule has 38 heavy (non-hydrogen) atoms. The first-order chi connectivity index (χ1) is 17.8. The first-order valence-electron chi connectivity index (χ1n) is 13.1. The van der Waals surface area contributed by atoms with Gasteiger partial charge < -0.3 is 15.2 Å². The molecule has 0 radical (unpaired) electrons. The molecule has 1 aromatic rings. The number of nitrogens with one attached hydrogen (secondary N) is 1. The molecule has 2 N–H and O–H groups in total. The Labute approximate surface area is 226 Å². The highest BCUT2D eigenvalue weighted by Crippen LogP contribution is 2.40. The van der Waals surface area contributed by atoms with E-state index in [2.05, 4.69) is 38.2 Å². The molecule has 0 fully saturated rings. The third-order valence-electron chi connectivity index (χ3n) is 6.77. The normalized spacial score (nSPS) is 17.1. The van der Waals surface area contributed by atoms with E-state index < -0.39 is 17.9 Å². The molecule has 1 aliphatic rings. The zero-order valence-corrected chi connectivity index (χ0v) is 23.7. The number of amides is 1. The molecule has 1 aromatic carbocycles. The molecule has 0 spiro atoms. The number of carbonyl (C=O) groups is 3. The van der Waals surface area contributed by atoms with E-state index in [9.17, 15) is 19.5 Å². The summed E-state index contributed by atoms with van der Waals surface area (Å²) in [5.74, 6) is -2.53. The van der Waals surface area contributed by atoms with Crippen LogP contribution in [-0.2, 0) is 14.4 Å². The number of carboxylic acids is 1. The van der Waals surface area contributed by atoms with E-state index in [0.717, 1.165) is 17.6 Å². The second-order valence-electron chi connectivity index (χ2n) is 10.5. The number of aliphatic carboxylic acids is 1. The van der Waals surface area contributed by atoms with Crippen molar-refractivity contribution in [3.63, 3.8) is 0 Å². The highest BCUT2D eigenvalue weighted by Gasteiger charge is 2.26. The van der Waals surface area contributed by atoms with Gasteiger partial charge in [0.05, 0.1) is 5.92 Å². The number of allylic oxidation sites excluding steroid dienone is 9. The molecule has 204 valence electrons. The van der Waals surface area contributed by atoms with Crippen molar-refractivity contribution in [2.45, 2.75) is 80.1 Å². The molecular formula is C32H41NO5. The van der Waals surface area contributed by atoms with Gasteiger partial charge in [-0.05, 0) is 87.3 Å². The fraction of sp³-hybridized carbons (Fsp3) is 0.406. The number of anilines is 1. The maximum Gasteiger partial charge on any atom is 0.310 e. The summed E-state index contributed by atoms with van der Waals surface area (Å²) in [5, 5.41) is 12.3. The molecule has 1 aliphatic carbocycles. The SMILES string of the molecule is CCC(=O)Oc1ccc(NC(=O)/C=C(C)/C=C/C=C(C)/C=C/C2=C(C)CCCC2(C)C)c(C(C)C(=O)O)c1. The van der Waals surface area contributed by atoms with E-state index in [-0.39, 0.29) is 23.5 Å². The van der Waals surface area contributed by atoms with Crippen LogP contribution in [0.25, 0.3) is 0 Å². The first-order valence-corrected chi connectivity index (χ1v) is 13.1. The number of rotatable bonds is 10. The Morgan fingerprint density at radius 1 is 1.16 bits per heavy atom. The topological polar surface area (TPSA) is 92.7 Å². The van der Waals surface area contributed by atoms with E-state index >= 15 is 0 Å². The van der Waals surface area contributed by atoms with Gasteiger partial charge in [0.1, 0.15) is 5.75 Å². The predicted octanol–water partition coefficient (Wildman–Crippen LogP) is 7.66. The lowest BCUT2D eigenvalue weighted by Gasteiger charge is -2.32. The largest absolute Gasteiger partial charge is 0.481 e. The van der Waals surface area contributed by atoms with Gasteiger partial charge in [-0.2, -0.15) is 0 Å². The molecule has 0 aromatic heterocycles. The maximum atomic E-state index is 12.7. The van der Waals surface area contributed by atoms with Crippen LogP contribution in [0.4, 0.5) is 5.69 Å². The Balaban J connectivity index is 2.12. The van der Waals surface area contributed by atoms with Crippen molar-refractivity contribution in [3.05, 3.63) is 82.5 Å². The summed E-state index contributed by atoms with van der Waals surface area (Å²) < 4.78 is 5.21. The van der Waals surface area contributed by atoms with E-state index in [0.29, 0.717) is 11.3 Å². The highest BCUT2D eigenvalue weighted by atomic mass is 16.5. The van der Waals surface area contributed by atoms with Crippen LogP contribution < -0.4 is 10.1 Å². The lowest BCUT2D eigenvalue weighted by Crippen LogP contribution is -2.19. The van der Waals surface area contributed by atoms with Crippen LogP contribution in [0.3, 0.4) is 0 Å². The molecule has 6 heteroatoms. The molecule has 0 bridgehead atoms. The summed E-state index contributed by atoms with van der Waals surface area (Å²) in [6.07, 6.45) is 15.4. The van der Waals surface area contributed by atoms with Gasteiger partial charge in [-0.3, -0.25) is 14.4 Å². The quantitative estimate of drug-likeness (QED) is 0.143. The third-order valence-corrected chi connectivity index (χ3v) is 6.77. The minimum atomic E-state index is -1.05. The second kappa shape index (κ2) is 13.8. The minimum absolute atomic E-state index is 0.195. The molecule has 1 amide bonds. The van der Waals surface area contributed by atoms with Crippen molar-refractivity contribution in [1.82, 2.24) is 0 Å². The van der Waals surface area contributed by atoms with Crippen LogP contribution >= 0.6 is 0 Å². The number of benzene rings is 1. The van der Waals surface area contributed by atoms with Gasteiger partial charge in [-0.15, -0.1) is 0 Å². The van der Waals surface area contributed by atoms with E-state index in [1.165, 1.54) is 49.1 Å². The molecule has 0 saturated carbocycles. The number of ether oxygens (including phenoxy) is 1. The maximum absolute atomic E-state index is 12.7. The second-order valence-corrected chi connectivity index (χ2v) is 10.5. The Morgan fingerprint density at radius 3 is 2.50 bits per heavy atom. The van der Waals surface area contributed by atoms with Crippen LogP contribution in [0.1, 0.15) is 85.6 Å². The number of hydrogen-bond donors (Lipinski definition) is 2. The average Bonchev–Trinajstić information content (AvgIpc) is 2.83. The molecule has 0 saturated heterocycles. The zero-order chi connectivity index (χ0) is 28.5. The molecular weight excluding hydrogens is 478 g/mol. The third kappa shape index (κ3) is 9.02. The van der Waals surface area contributed by atoms with Crippen LogP contribution in [0, 0.1) is 5.41 Å². The summed E-state index contributed by atoms with van der Waals surface area (Å²) in [5.41, 5.74) is 5.63. The van der Waals surface area contributed by atoms with Crippen LogP contribution in [0.5, 0.6) is 5.75 Å². The fourth-order valence-corrected chi connectivity index (χ4v) is 4.47. The van der Waals surface area contributed by atoms with Gasteiger partial charge in [0.15, 0.2) is 0 Å². The fourth-order valence-electron chi connectivity index (χ4n) is 4.47. The van der Waals surface area contributed by atoms with Crippen molar-refractivity contribution < 1.29 is 24.2 Å². The number of hydrogen-bond acceptors (Lipinski definition) is 4. The Morgan fingerprint density at radius 2 is 1.87 bits per heavy atom. The van der Waals surface area contributed by atoms with Crippen molar-refractivity contribution in [3.8, 4) is 5.75 Å². The van der Waals surface area contributed by atoms with Crippen LogP contribution in [0.15, 0.2) is 76.9 Å². The predicted molar refractivity (Wildman–Crippen MR) is 153 cm³/mol. The van der Waals surface area contributed by atoms with Gasteiger partial charge in [0.25, 0.3) is 0 Å². The molecule has 0 aliphatic heterocycles. The van der Waals surface area contributed by atoms with Gasteiger partial charge in [0, 0.05) is 18.2 Å². The Kier molecular flexibility index (Phi) is 11.1. The standard InChI is InChI=1S/C32H41NO5/c1-8-30(35)38-25-15-17-28(26(20-25)24(5)31(36)37)33-29(34)19-22(3)12-9-11-21(2)14-16-27-23(4)13-10-18-32(27,6)7/h9,11-12,14-17,19-20,24H,8,10,13,18H2,1-7H3,(H,33,34)(H,36,37)/b12-9+,16-14+,21-11+,22-19+. The minimum Gasteiger partial charge on any atom is -0.481 e. The lowest BCUT2D eigenvalue weighted by atomic mass is 9.72. The van der Waals surface area contributed by atoms with Crippen LogP contribution in [-0.4, -0.2) is 23.0 Å². The number of esters is 1. The average molecular weight is 520 g/mol. The molecule has 1 atom stereocenters. The summed E-state index contributed by atoms with van der Waals surface area (Å²) in [4.78, 5) is 35.9. The number of carbonyl (C=O) groups excluding carboxylic acids is 2. The molecule has 6 nitrogen and oxygen atoms in total. The zero-order valence-electron chi connectivity index (χ0n) is 23.7. The van der Waals surface area contributed by atoms with Crippen molar-refractivity contribution in [2.75, 3.05) is 5.32 Å². The smallest absolute Gasteiger partial charge is 0.310 e. The monoisotopic (exact) mass is 519 g/mol. The van der Waals surface area contributed by atoms with Gasteiger partial charge in [-0.25, -0.2) is 0 Å². The highest BCUT2D eigenvalue weighted by molar-refractivity contribution is 6.01. The van der Waals surface area contributed by atoms with Crippen molar-refractivity contribution in [2.24, 2.45) is 5.41 Å². The summed E-state index contributed by atoms with van der Waals surface area (Å²) in [6, 6.07) is 4.56. The van der Waals surface area contributed by atoms with Gasteiger partial charge >= 0.3 is 11.9 Å². The van der Waals surface area contributed by atoms with Crippen LogP contribution in [0.2, 0.25) is 0 Å². The van der Waals surface area contributed by atoms with E-state index in [1.807, 2.05) is 32.1 Å². The summed E-state index contributed by atoms with van der Waals surface area (Å²) in [6.45, 7) is 13.9. The lowest BCUT2D eigenvalue weighted by molar-refractivity contribution is -0.138. The summed E-state index contributed by atoms with van der Waals surface area (Å²) >= 11 is 0. The van der Waals surface area contributed by atoms with Crippen molar-refractivity contribution >= 4 is 23.5 Å². The van der Waals surface area contributed by atoms with E-state index in [1.54, 1.807) is 13.0 Å². The van der Waals surface area contributed by atoms with Gasteiger partial charge in [-0.1, -0.05) is 62.3 Å². The Bertz CT molecular complexity index is 1210. The van der Waals surface area contributed by atoms with Gasteiger partial charge in [0.2, 0.25) is 5.91 Å². The molecule has 0 heterocycles. The first kappa shape index (κ1) is 30.6. The molecule has 1 unspecified atom stereocenters. The Hall–Kier alpha value is -3.67. The number of carboxylic acid groups (broad SMARTS) is 1. The van der Waals surface area contributed by atoms with E-state index in [4.69, 9.17) is 4.74 Å². The van der Waals surface area contributed by atoms with Crippen molar-refractivity contribution in [1.29, 1.82) is 0 Å². The molecule has 2 rings (SSSR count). The summed E-state index contributed by atoms with van der Waals surface area (Å²) in [7, 11) is 0.